The Labute approximate surface area is 220 Å². The van der Waals surface area contributed by atoms with Gasteiger partial charge in [0.2, 0.25) is 0 Å². The number of hydrogen-bond donors (Lipinski definition) is 2. The third-order valence-corrected chi connectivity index (χ3v) is 5.70. The lowest BCUT2D eigenvalue weighted by atomic mass is 10.1. The van der Waals surface area contributed by atoms with Gasteiger partial charge in [0.05, 0.1) is 12.3 Å². The van der Waals surface area contributed by atoms with Crippen LogP contribution in [0.2, 0.25) is 0 Å². The van der Waals surface area contributed by atoms with Crippen molar-refractivity contribution in [3.8, 4) is 6.07 Å². The summed E-state index contributed by atoms with van der Waals surface area (Å²) in [6.07, 6.45) is 18.3. The maximum atomic E-state index is 8.44. The molecule has 0 aliphatic carbocycles. The molecule has 0 aromatic carbocycles. The topological polar surface area (TPSA) is 107 Å². The molecular formula is C27H42BrN7. The molecule has 0 amide bonds. The first-order valence-corrected chi connectivity index (χ1v) is 13.1. The second-order valence-corrected chi connectivity index (χ2v) is 8.36. The number of piperidine rings is 1. The summed E-state index contributed by atoms with van der Waals surface area (Å²) in [7, 11) is 0. The molecule has 1 aliphatic rings. The molecule has 0 radical (unpaired) electrons. The molecule has 2 heterocycles. The molecule has 1 fully saturated rings. The highest BCUT2D eigenvalue weighted by Gasteiger charge is 2.18. The van der Waals surface area contributed by atoms with E-state index < -0.39 is 0 Å². The number of unbranched alkanes of at least 4 members (excludes halogenated alkanes) is 1. The van der Waals surface area contributed by atoms with Crippen molar-refractivity contribution < 1.29 is 0 Å². The summed E-state index contributed by atoms with van der Waals surface area (Å²) in [5, 5.41) is 20.7. The van der Waals surface area contributed by atoms with E-state index >= 15 is 0 Å². The van der Waals surface area contributed by atoms with Gasteiger partial charge in [-0.1, -0.05) is 44.6 Å². The number of nitrogens with zero attached hydrogens (tertiary/aromatic N) is 5. The molecule has 1 aromatic rings. The molecule has 1 aromatic heterocycles. The summed E-state index contributed by atoms with van der Waals surface area (Å²) in [4.78, 5) is 6.35. The van der Waals surface area contributed by atoms with E-state index in [0.29, 0.717) is 22.6 Å². The van der Waals surface area contributed by atoms with Crippen LogP contribution in [0.1, 0.15) is 79.2 Å². The van der Waals surface area contributed by atoms with Gasteiger partial charge < -0.3 is 10.6 Å². The zero-order valence-electron chi connectivity index (χ0n) is 22.2. The Kier molecular flexibility index (Phi) is 17.8. The van der Waals surface area contributed by atoms with E-state index in [1.807, 2.05) is 66.0 Å². The highest BCUT2D eigenvalue weighted by atomic mass is 79.9. The minimum Gasteiger partial charge on any atom is -0.383 e. The maximum absolute atomic E-state index is 8.44. The molecule has 0 bridgehead atoms. The first-order chi connectivity index (χ1) is 16.9. The average Bonchev–Trinajstić information content (AvgIpc) is 3.39. The number of nitrogens with one attached hydrogen (secondary N) is 1. The van der Waals surface area contributed by atoms with Crippen molar-refractivity contribution in [2.75, 3.05) is 13.1 Å². The zero-order valence-corrected chi connectivity index (χ0v) is 23.8. The largest absolute Gasteiger partial charge is 0.383 e. The summed E-state index contributed by atoms with van der Waals surface area (Å²) in [5.74, 6) is 0.804. The van der Waals surface area contributed by atoms with Crippen LogP contribution in [-0.4, -0.2) is 39.8 Å². The number of nitriles is 1. The van der Waals surface area contributed by atoms with Gasteiger partial charge >= 0.3 is 0 Å². The Morgan fingerprint density at radius 3 is 2.46 bits per heavy atom. The molecule has 8 heteroatoms. The fourth-order valence-electron chi connectivity index (χ4n) is 2.93. The fourth-order valence-corrected chi connectivity index (χ4v) is 3.36. The number of rotatable bonds is 7. The second kappa shape index (κ2) is 19.4. The second-order valence-electron chi connectivity index (χ2n) is 7.57. The van der Waals surface area contributed by atoms with E-state index in [1.165, 1.54) is 6.42 Å². The molecule has 0 saturated carbocycles. The minimum absolute atomic E-state index is 0.398. The summed E-state index contributed by atoms with van der Waals surface area (Å²) >= 11 is 3.50. The van der Waals surface area contributed by atoms with Gasteiger partial charge in [-0.2, -0.15) is 10.4 Å². The van der Waals surface area contributed by atoms with Crippen LogP contribution in [0.4, 0.5) is 0 Å². The molecule has 0 spiro atoms. The molecule has 3 N–H and O–H groups in total. The van der Waals surface area contributed by atoms with Crippen LogP contribution in [0.3, 0.4) is 0 Å². The minimum atomic E-state index is 0.398. The molecule has 1 saturated heterocycles. The van der Waals surface area contributed by atoms with E-state index in [0.717, 1.165) is 49.1 Å². The normalized spacial score (nSPS) is 15.1. The summed E-state index contributed by atoms with van der Waals surface area (Å²) in [6, 6.07) is 2.02. The summed E-state index contributed by atoms with van der Waals surface area (Å²) in [6.45, 7) is 13.7. The van der Waals surface area contributed by atoms with Crippen LogP contribution in [0.25, 0.3) is 11.4 Å². The van der Waals surface area contributed by atoms with E-state index in [1.54, 1.807) is 23.3 Å². The number of amidine groups is 1. The Morgan fingerprint density at radius 2 is 1.94 bits per heavy atom. The van der Waals surface area contributed by atoms with E-state index in [4.69, 9.17) is 16.4 Å². The first-order valence-electron chi connectivity index (χ1n) is 12.3. The number of aromatic nitrogens is 2. The molecule has 192 valence electrons. The third-order valence-electron chi connectivity index (χ3n) is 4.92. The molecule has 7 nitrogen and oxygen atoms in total. The number of nitrogens with two attached hydrogens (primary N) is 1. The van der Waals surface area contributed by atoms with Crippen LogP contribution < -0.4 is 5.73 Å². The summed E-state index contributed by atoms with van der Waals surface area (Å²) < 4.78 is 2.15. The fraction of sp³-hybridized carbons (Fsp3) is 0.481. The number of aliphatic imine (C=N–C) groups is 1. The van der Waals surface area contributed by atoms with Crippen molar-refractivity contribution in [2.45, 2.75) is 73.6 Å². The number of allylic oxidation sites excluding steroid dienone is 5. The van der Waals surface area contributed by atoms with Crippen LogP contribution in [0.5, 0.6) is 0 Å². The predicted molar refractivity (Wildman–Crippen MR) is 154 cm³/mol. The predicted octanol–water partition coefficient (Wildman–Crippen LogP) is 7.12. The van der Waals surface area contributed by atoms with Crippen LogP contribution in [0, 0.1) is 16.7 Å². The van der Waals surface area contributed by atoms with Crippen molar-refractivity contribution in [3.63, 3.8) is 0 Å². The van der Waals surface area contributed by atoms with E-state index in [2.05, 4.69) is 37.0 Å². The Balaban J connectivity index is 0.00000146. The Morgan fingerprint density at radius 1 is 1.29 bits per heavy atom. The van der Waals surface area contributed by atoms with Crippen molar-refractivity contribution >= 4 is 39.4 Å². The molecule has 0 atom stereocenters. The lowest BCUT2D eigenvalue weighted by Crippen LogP contribution is -2.36. The average molecular weight is 545 g/mol. The van der Waals surface area contributed by atoms with Gasteiger partial charge in [0, 0.05) is 49.3 Å². The summed E-state index contributed by atoms with van der Waals surface area (Å²) in [5.41, 5.74) is 9.27. The molecule has 35 heavy (non-hydrogen) atoms. The van der Waals surface area contributed by atoms with Crippen LogP contribution in [0.15, 0.2) is 51.9 Å². The van der Waals surface area contributed by atoms with E-state index in [9.17, 15) is 0 Å². The zero-order chi connectivity index (χ0) is 26.6. The maximum Gasteiger partial charge on any atom is 0.143 e. The highest BCUT2D eigenvalue weighted by molar-refractivity contribution is 9.12. The van der Waals surface area contributed by atoms with Gasteiger partial charge in [0.1, 0.15) is 16.1 Å². The van der Waals surface area contributed by atoms with Crippen molar-refractivity contribution in [1.29, 1.82) is 10.7 Å². The Hall–Kier alpha value is -2.92. The quantitative estimate of drug-likeness (QED) is 0.217. The molecule has 0 unspecified atom stereocenters. The SMILES string of the molecule is C/C=C/N=C/C(=C\C(C)=C\C)c1cnn(/C(N)=C(/Br)C(=N)N2CCCCC2)c1.CC.CCCC#N. The van der Waals surface area contributed by atoms with Gasteiger partial charge in [0.15, 0.2) is 0 Å². The van der Waals surface area contributed by atoms with Gasteiger partial charge in [-0.25, -0.2) is 4.68 Å². The van der Waals surface area contributed by atoms with Gasteiger partial charge in [-0.05, 0) is 62.4 Å². The monoisotopic (exact) mass is 543 g/mol. The van der Waals surface area contributed by atoms with Crippen molar-refractivity contribution in [2.24, 2.45) is 10.7 Å². The van der Waals surface area contributed by atoms with Crippen molar-refractivity contribution in [3.05, 3.63) is 52.4 Å². The standard InChI is InChI=1S/C21H29BrN6.C4H7N.C2H6/c1-4-9-25-13-17(12-16(3)5-2)18-14-26-28(15-18)21(24)19(22)20(23)27-10-7-6-8-11-27;1-2-3-4-5;1-2/h4-5,9,12-15,23H,6-8,10-11,24H2,1-3H3;2-3H2,1H3;1-2H3/b9-4+,16-5+,17-12+,21-19+,23-20?,25-13+;;. The van der Waals surface area contributed by atoms with Crippen LogP contribution >= 0.6 is 15.9 Å². The third kappa shape index (κ3) is 11.9. The van der Waals surface area contributed by atoms with Gasteiger partial charge in [-0.15, -0.1) is 0 Å². The Bertz CT molecular complexity index is 952. The van der Waals surface area contributed by atoms with Gasteiger partial charge in [0.25, 0.3) is 0 Å². The smallest absolute Gasteiger partial charge is 0.143 e. The number of halogens is 1. The lowest BCUT2D eigenvalue weighted by molar-refractivity contribution is 0.341. The number of hydrogen-bond acceptors (Lipinski definition) is 5. The van der Waals surface area contributed by atoms with E-state index in [-0.39, 0.29) is 0 Å². The molecular weight excluding hydrogens is 502 g/mol. The molecule has 2 rings (SSSR count). The van der Waals surface area contributed by atoms with Crippen LogP contribution in [-0.2, 0) is 0 Å². The van der Waals surface area contributed by atoms with Crippen molar-refractivity contribution in [1.82, 2.24) is 14.7 Å². The number of likely N-dealkylation sites (tertiary alicyclic amines) is 1. The molecule has 1 aliphatic heterocycles. The first kappa shape index (κ1) is 32.1. The lowest BCUT2D eigenvalue weighted by Gasteiger charge is -2.29. The van der Waals surface area contributed by atoms with Gasteiger partial charge in [-0.3, -0.25) is 10.4 Å². The highest BCUT2D eigenvalue weighted by Crippen LogP contribution is 2.21.